The fourth-order valence-electron chi connectivity index (χ4n) is 2.12. The third-order valence-corrected chi connectivity index (χ3v) is 3.30. The predicted octanol–water partition coefficient (Wildman–Crippen LogP) is 3.10. The molecule has 1 N–H and O–H groups in total. The highest BCUT2D eigenvalue weighted by atomic mass is 16.6. The first-order chi connectivity index (χ1) is 11.1. The Balaban J connectivity index is 2.27. The van der Waals surface area contributed by atoms with E-state index in [1.807, 2.05) is 30.3 Å². The van der Waals surface area contributed by atoms with E-state index >= 15 is 0 Å². The van der Waals surface area contributed by atoms with E-state index in [0.717, 1.165) is 11.3 Å². The Kier molecular flexibility index (Phi) is 5.00. The number of nitriles is 1. The van der Waals surface area contributed by atoms with Gasteiger partial charge in [-0.3, -0.25) is 10.1 Å². The van der Waals surface area contributed by atoms with Crippen molar-refractivity contribution in [2.24, 2.45) is 0 Å². The monoisotopic (exact) mass is 313 g/mol. The highest BCUT2D eigenvalue weighted by molar-refractivity contribution is 5.71. The number of nitro groups is 1. The van der Waals surface area contributed by atoms with Crippen molar-refractivity contribution >= 4 is 11.4 Å². The van der Waals surface area contributed by atoms with Crippen LogP contribution in [0.5, 0.6) is 11.5 Å². The molecule has 0 unspecified atom stereocenters. The minimum atomic E-state index is -0.615. The Morgan fingerprint density at radius 1 is 1.17 bits per heavy atom. The number of ether oxygens (including phenoxy) is 2. The van der Waals surface area contributed by atoms with Crippen LogP contribution in [0.2, 0.25) is 0 Å². The Labute approximate surface area is 133 Å². The van der Waals surface area contributed by atoms with Gasteiger partial charge in [-0.25, -0.2) is 0 Å². The van der Waals surface area contributed by atoms with Crippen LogP contribution >= 0.6 is 0 Å². The molecule has 0 aliphatic rings. The highest BCUT2D eigenvalue weighted by Crippen LogP contribution is 2.35. The molecule has 0 heterocycles. The van der Waals surface area contributed by atoms with Crippen molar-refractivity contribution in [3.05, 3.63) is 57.6 Å². The second kappa shape index (κ2) is 7.13. The summed E-state index contributed by atoms with van der Waals surface area (Å²) in [6.45, 7) is 0.419. The average Bonchev–Trinajstić information content (AvgIpc) is 2.59. The van der Waals surface area contributed by atoms with Crippen molar-refractivity contribution in [2.45, 2.75) is 6.54 Å². The molecule has 0 saturated heterocycles. The van der Waals surface area contributed by atoms with Crippen LogP contribution in [0.3, 0.4) is 0 Å². The third-order valence-electron chi connectivity index (χ3n) is 3.30. The van der Waals surface area contributed by atoms with Gasteiger partial charge in [0.25, 0.3) is 0 Å². The highest BCUT2D eigenvalue weighted by Gasteiger charge is 2.24. The Morgan fingerprint density at radius 2 is 1.87 bits per heavy atom. The molecule has 0 atom stereocenters. The molecule has 118 valence electrons. The number of nitrogens with one attached hydrogen (secondary N) is 1. The first-order valence-corrected chi connectivity index (χ1v) is 6.73. The van der Waals surface area contributed by atoms with Gasteiger partial charge in [-0.2, -0.15) is 5.26 Å². The number of hydrogen-bond acceptors (Lipinski definition) is 6. The Bertz CT molecular complexity index is 751. The van der Waals surface area contributed by atoms with Crippen LogP contribution in [0.15, 0.2) is 36.4 Å². The molecule has 2 rings (SSSR count). The van der Waals surface area contributed by atoms with Gasteiger partial charge in [0.2, 0.25) is 0 Å². The molecular weight excluding hydrogens is 298 g/mol. The number of benzene rings is 2. The summed E-state index contributed by atoms with van der Waals surface area (Å²) in [5, 5.41) is 23.5. The van der Waals surface area contributed by atoms with Crippen LogP contribution in [-0.4, -0.2) is 19.1 Å². The van der Waals surface area contributed by atoms with Gasteiger partial charge in [0.15, 0.2) is 11.3 Å². The van der Waals surface area contributed by atoms with Gasteiger partial charge in [-0.1, -0.05) is 12.1 Å². The molecular formula is C16H15N3O4. The topological polar surface area (TPSA) is 97.4 Å². The lowest BCUT2D eigenvalue weighted by atomic mass is 10.1. The van der Waals surface area contributed by atoms with Crippen LogP contribution in [-0.2, 0) is 6.54 Å². The van der Waals surface area contributed by atoms with Gasteiger partial charge in [-0.15, -0.1) is 0 Å². The van der Waals surface area contributed by atoms with Crippen molar-refractivity contribution in [3.8, 4) is 17.6 Å². The zero-order valence-corrected chi connectivity index (χ0v) is 12.7. The second-order valence-electron chi connectivity index (χ2n) is 4.61. The van der Waals surface area contributed by atoms with Crippen LogP contribution in [0.1, 0.15) is 11.1 Å². The maximum atomic E-state index is 11.2. The number of methoxy groups -OCH3 is 2. The van der Waals surface area contributed by atoms with Gasteiger partial charge in [0.05, 0.1) is 24.8 Å². The van der Waals surface area contributed by atoms with E-state index in [2.05, 4.69) is 5.32 Å². The third kappa shape index (κ3) is 3.49. The van der Waals surface area contributed by atoms with Crippen molar-refractivity contribution in [1.29, 1.82) is 5.26 Å². The van der Waals surface area contributed by atoms with Crippen molar-refractivity contribution in [1.82, 2.24) is 0 Å². The van der Waals surface area contributed by atoms with E-state index < -0.39 is 4.92 Å². The molecule has 2 aromatic rings. The fourth-order valence-corrected chi connectivity index (χ4v) is 2.12. The summed E-state index contributed by atoms with van der Waals surface area (Å²) in [6, 6.07) is 12.3. The molecule has 2 aromatic carbocycles. The van der Waals surface area contributed by atoms with Crippen LogP contribution in [0.4, 0.5) is 11.4 Å². The van der Waals surface area contributed by atoms with E-state index in [1.54, 1.807) is 13.2 Å². The summed E-state index contributed by atoms with van der Waals surface area (Å²) in [6.07, 6.45) is 0. The van der Waals surface area contributed by atoms with Crippen LogP contribution < -0.4 is 14.8 Å². The van der Waals surface area contributed by atoms with Crippen molar-refractivity contribution in [3.63, 3.8) is 0 Å². The quantitative estimate of drug-likeness (QED) is 0.650. The largest absolute Gasteiger partial charge is 0.497 e. The number of nitrogens with zero attached hydrogens (tertiary/aromatic N) is 2. The maximum absolute atomic E-state index is 11.2. The molecule has 0 aliphatic heterocycles. The smallest absolute Gasteiger partial charge is 0.330 e. The first kappa shape index (κ1) is 16.1. The van der Waals surface area contributed by atoms with Gasteiger partial charge in [-0.05, 0) is 29.8 Å². The van der Waals surface area contributed by atoms with Gasteiger partial charge in [0.1, 0.15) is 11.8 Å². The summed E-state index contributed by atoms with van der Waals surface area (Å²) in [7, 11) is 2.91. The normalized spacial score (nSPS) is 9.78. The minimum absolute atomic E-state index is 0.0529. The molecule has 0 amide bonds. The van der Waals surface area contributed by atoms with E-state index in [9.17, 15) is 15.4 Å². The molecule has 0 spiro atoms. The Hall–Kier alpha value is -3.27. The lowest BCUT2D eigenvalue weighted by molar-refractivity contribution is -0.386. The summed E-state index contributed by atoms with van der Waals surface area (Å²) in [4.78, 5) is 10.6. The lowest BCUT2D eigenvalue weighted by Crippen LogP contribution is -2.04. The van der Waals surface area contributed by atoms with Crippen LogP contribution in [0, 0.1) is 21.4 Å². The summed E-state index contributed by atoms with van der Waals surface area (Å²) >= 11 is 0. The number of hydrogen-bond donors (Lipinski definition) is 1. The molecule has 0 aliphatic carbocycles. The van der Waals surface area contributed by atoms with E-state index in [4.69, 9.17) is 9.47 Å². The van der Waals surface area contributed by atoms with Crippen molar-refractivity contribution in [2.75, 3.05) is 19.5 Å². The van der Waals surface area contributed by atoms with E-state index in [-0.39, 0.29) is 17.0 Å². The van der Waals surface area contributed by atoms with Gasteiger partial charge < -0.3 is 14.8 Å². The van der Waals surface area contributed by atoms with Crippen molar-refractivity contribution < 1.29 is 14.4 Å². The molecule has 0 radical (unpaired) electrons. The zero-order valence-electron chi connectivity index (χ0n) is 12.7. The number of rotatable bonds is 6. The molecule has 7 nitrogen and oxygen atoms in total. The molecule has 0 saturated carbocycles. The molecule has 23 heavy (non-hydrogen) atoms. The van der Waals surface area contributed by atoms with Gasteiger partial charge >= 0.3 is 5.69 Å². The van der Waals surface area contributed by atoms with E-state index in [0.29, 0.717) is 12.2 Å². The lowest BCUT2D eigenvalue weighted by Gasteiger charge is -2.11. The average molecular weight is 313 g/mol. The van der Waals surface area contributed by atoms with Gasteiger partial charge in [0, 0.05) is 6.54 Å². The fraction of sp³-hybridized carbons (Fsp3) is 0.188. The maximum Gasteiger partial charge on any atom is 0.330 e. The summed E-state index contributed by atoms with van der Waals surface area (Å²) in [5.41, 5.74) is 0.946. The second-order valence-corrected chi connectivity index (χ2v) is 4.61. The zero-order chi connectivity index (χ0) is 16.8. The standard InChI is InChI=1S/C16H15N3O4/c1-22-12-5-3-11(4-6-12)10-18-14-7-8-15(23-2)16(19(20)21)13(14)9-17/h3-8,18H,10H2,1-2H3. The molecule has 0 fully saturated rings. The summed E-state index contributed by atoms with van der Waals surface area (Å²) in [5.74, 6) is 0.799. The van der Waals surface area contributed by atoms with Crippen LogP contribution in [0.25, 0.3) is 0 Å². The summed E-state index contributed by atoms with van der Waals surface area (Å²) < 4.78 is 10.0. The molecule has 0 bridgehead atoms. The predicted molar refractivity (Wildman–Crippen MR) is 84.7 cm³/mol. The first-order valence-electron chi connectivity index (χ1n) is 6.73. The Morgan fingerprint density at radius 3 is 2.39 bits per heavy atom. The molecule has 7 heteroatoms. The van der Waals surface area contributed by atoms with E-state index in [1.165, 1.54) is 13.2 Å². The molecule has 0 aromatic heterocycles. The minimum Gasteiger partial charge on any atom is -0.497 e. The SMILES string of the molecule is COc1ccc(CNc2ccc(OC)c([N+](=O)[O-])c2C#N)cc1. The number of anilines is 1. The number of nitro benzene ring substituents is 1.